The molecule has 0 saturated carbocycles. The monoisotopic (exact) mass is 375 g/mol. The van der Waals surface area contributed by atoms with Gasteiger partial charge < -0.3 is 10.0 Å². The topological polar surface area (TPSA) is 73.7 Å². The van der Waals surface area contributed by atoms with Crippen LogP contribution in [0, 0.1) is 0 Å². The predicted molar refractivity (Wildman–Crippen MR) is 107 cm³/mol. The number of nitrogens with zero attached hydrogens (tertiary/aromatic N) is 3. The van der Waals surface area contributed by atoms with E-state index in [0.29, 0.717) is 41.8 Å². The van der Waals surface area contributed by atoms with Gasteiger partial charge in [-0.3, -0.25) is 9.69 Å². The molecule has 142 valence electrons. The van der Waals surface area contributed by atoms with Gasteiger partial charge in [-0.2, -0.15) is 0 Å². The third kappa shape index (κ3) is 3.34. The van der Waals surface area contributed by atoms with Crippen molar-refractivity contribution in [3.8, 4) is 11.3 Å². The SMILES string of the molecule is CN1CCN(Cc2c(-c3ccccc3)nc3ccccc3c2C(=O)O)CC1=O. The molecule has 0 bridgehead atoms. The molecule has 1 aliphatic rings. The van der Waals surface area contributed by atoms with Crippen molar-refractivity contribution in [2.24, 2.45) is 0 Å². The zero-order chi connectivity index (χ0) is 19.7. The zero-order valence-electron chi connectivity index (χ0n) is 15.6. The first kappa shape index (κ1) is 18.1. The molecular formula is C22H21N3O3. The van der Waals surface area contributed by atoms with Crippen LogP contribution in [0.3, 0.4) is 0 Å². The summed E-state index contributed by atoms with van der Waals surface area (Å²) in [4.78, 5) is 32.9. The molecule has 0 aliphatic carbocycles. The van der Waals surface area contributed by atoms with E-state index in [2.05, 4.69) is 0 Å². The van der Waals surface area contributed by atoms with E-state index in [1.807, 2.05) is 53.4 Å². The first-order valence-corrected chi connectivity index (χ1v) is 9.21. The van der Waals surface area contributed by atoms with Gasteiger partial charge in [-0.25, -0.2) is 9.78 Å². The van der Waals surface area contributed by atoms with E-state index >= 15 is 0 Å². The fourth-order valence-electron chi connectivity index (χ4n) is 3.65. The summed E-state index contributed by atoms with van der Waals surface area (Å²) in [6.07, 6.45) is 0. The maximum Gasteiger partial charge on any atom is 0.336 e. The highest BCUT2D eigenvalue weighted by molar-refractivity contribution is 6.05. The van der Waals surface area contributed by atoms with E-state index in [4.69, 9.17) is 4.98 Å². The van der Waals surface area contributed by atoms with Crippen LogP contribution in [0.15, 0.2) is 54.6 Å². The number of carboxylic acid groups (broad SMARTS) is 1. The van der Waals surface area contributed by atoms with Crippen molar-refractivity contribution in [2.45, 2.75) is 6.54 Å². The van der Waals surface area contributed by atoms with Crippen LogP contribution in [-0.4, -0.2) is 58.4 Å². The van der Waals surface area contributed by atoms with Gasteiger partial charge in [0, 0.05) is 43.2 Å². The van der Waals surface area contributed by atoms with Crippen LogP contribution in [0.2, 0.25) is 0 Å². The minimum atomic E-state index is -0.980. The Morgan fingerprint density at radius 3 is 2.50 bits per heavy atom. The fraction of sp³-hybridized carbons (Fsp3) is 0.227. The van der Waals surface area contributed by atoms with Crippen LogP contribution < -0.4 is 0 Å². The quantitative estimate of drug-likeness (QED) is 0.759. The van der Waals surface area contributed by atoms with Crippen molar-refractivity contribution in [1.82, 2.24) is 14.8 Å². The summed E-state index contributed by atoms with van der Waals surface area (Å²) in [5.74, 6) is -0.940. The van der Waals surface area contributed by atoms with Gasteiger partial charge in [-0.15, -0.1) is 0 Å². The van der Waals surface area contributed by atoms with Crippen LogP contribution in [0.4, 0.5) is 0 Å². The molecule has 6 heteroatoms. The van der Waals surface area contributed by atoms with Crippen molar-refractivity contribution in [3.63, 3.8) is 0 Å². The summed E-state index contributed by atoms with van der Waals surface area (Å²) < 4.78 is 0. The Labute approximate surface area is 163 Å². The molecule has 1 aliphatic heterocycles. The van der Waals surface area contributed by atoms with Crippen LogP contribution in [0.1, 0.15) is 15.9 Å². The summed E-state index contributed by atoms with van der Waals surface area (Å²) in [6.45, 7) is 1.96. The Kier molecular flexibility index (Phi) is 4.79. The van der Waals surface area contributed by atoms with Crippen LogP contribution in [0.25, 0.3) is 22.2 Å². The standard InChI is InChI=1S/C22H21N3O3/c1-24-11-12-25(14-19(24)26)13-17-20(22(27)28)16-9-5-6-10-18(16)23-21(17)15-7-3-2-4-8-15/h2-10H,11-14H2,1H3,(H,27,28). The number of carboxylic acids is 1. The Morgan fingerprint density at radius 2 is 1.79 bits per heavy atom. The Morgan fingerprint density at radius 1 is 1.07 bits per heavy atom. The molecule has 4 rings (SSSR count). The Hall–Kier alpha value is -3.25. The van der Waals surface area contributed by atoms with E-state index in [1.54, 1.807) is 18.0 Å². The Bertz CT molecular complexity index is 1050. The number of carbonyl (C=O) groups excluding carboxylic acids is 1. The molecule has 1 amide bonds. The van der Waals surface area contributed by atoms with Crippen LogP contribution >= 0.6 is 0 Å². The second-order valence-corrected chi connectivity index (χ2v) is 7.03. The maximum absolute atomic E-state index is 12.3. The lowest BCUT2D eigenvalue weighted by molar-refractivity contribution is -0.134. The first-order valence-electron chi connectivity index (χ1n) is 9.21. The molecule has 0 spiro atoms. The smallest absolute Gasteiger partial charge is 0.336 e. The number of amides is 1. The molecule has 28 heavy (non-hydrogen) atoms. The van der Waals surface area contributed by atoms with Crippen LogP contribution in [-0.2, 0) is 11.3 Å². The third-order valence-corrected chi connectivity index (χ3v) is 5.17. The van der Waals surface area contributed by atoms with E-state index in [9.17, 15) is 14.7 Å². The number of hydrogen-bond donors (Lipinski definition) is 1. The molecule has 1 saturated heterocycles. The van der Waals surface area contributed by atoms with E-state index in [0.717, 1.165) is 5.56 Å². The number of aromatic carboxylic acids is 1. The van der Waals surface area contributed by atoms with Gasteiger partial charge in [0.1, 0.15) is 0 Å². The average molecular weight is 375 g/mol. The lowest BCUT2D eigenvalue weighted by Gasteiger charge is -2.32. The number of rotatable bonds is 4. The van der Waals surface area contributed by atoms with Gasteiger partial charge in [0.05, 0.1) is 23.3 Å². The molecule has 3 aromatic rings. The molecule has 2 heterocycles. The number of fused-ring (bicyclic) bond motifs is 1. The van der Waals surface area contributed by atoms with Gasteiger partial charge in [-0.05, 0) is 6.07 Å². The highest BCUT2D eigenvalue weighted by atomic mass is 16.4. The molecule has 1 N–H and O–H groups in total. The highest BCUT2D eigenvalue weighted by Crippen LogP contribution is 2.31. The molecule has 1 aromatic heterocycles. The van der Waals surface area contributed by atoms with E-state index in [-0.39, 0.29) is 18.0 Å². The van der Waals surface area contributed by atoms with Gasteiger partial charge >= 0.3 is 5.97 Å². The number of para-hydroxylation sites is 1. The largest absolute Gasteiger partial charge is 0.478 e. The van der Waals surface area contributed by atoms with Gasteiger partial charge in [-0.1, -0.05) is 48.5 Å². The molecule has 2 aromatic carbocycles. The normalized spacial score (nSPS) is 15.2. The van der Waals surface area contributed by atoms with Crippen LogP contribution in [0.5, 0.6) is 0 Å². The number of carbonyl (C=O) groups is 2. The second-order valence-electron chi connectivity index (χ2n) is 7.03. The molecule has 1 fully saturated rings. The summed E-state index contributed by atoms with van der Waals surface area (Å²) in [7, 11) is 1.79. The van der Waals surface area contributed by atoms with Crippen molar-refractivity contribution in [3.05, 3.63) is 65.7 Å². The Balaban J connectivity index is 1.90. The number of piperazine rings is 1. The van der Waals surface area contributed by atoms with Crippen molar-refractivity contribution >= 4 is 22.8 Å². The van der Waals surface area contributed by atoms with Crippen molar-refractivity contribution in [1.29, 1.82) is 0 Å². The maximum atomic E-state index is 12.3. The number of pyridine rings is 1. The lowest BCUT2D eigenvalue weighted by atomic mass is 9.96. The number of benzene rings is 2. The van der Waals surface area contributed by atoms with Gasteiger partial charge in [0.15, 0.2) is 0 Å². The summed E-state index contributed by atoms with van der Waals surface area (Å²) >= 11 is 0. The number of hydrogen-bond acceptors (Lipinski definition) is 4. The van der Waals surface area contributed by atoms with E-state index in [1.165, 1.54) is 0 Å². The summed E-state index contributed by atoms with van der Waals surface area (Å²) in [6, 6.07) is 16.9. The fourth-order valence-corrected chi connectivity index (χ4v) is 3.65. The second kappa shape index (κ2) is 7.40. The lowest BCUT2D eigenvalue weighted by Crippen LogP contribution is -2.48. The first-order chi connectivity index (χ1) is 13.5. The number of aromatic nitrogens is 1. The average Bonchev–Trinajstić information content (AvgIpc) is 2.70. The number of likely N-dealkylation sites (N-methyl/N-ethyl adjacent to an activating group) is 1. The van der Waals surface area contributed by atoms with Gasteiger partial charge in [0.25, 0.3) is 0 Å². The molecule has 0 unspecified atom stereocenters. The predicted octanol–water partition coefficient (Wildman–Crippen LogP) is 2.87. The molecule has 0 atom stereocenters. The third-order valence-electron chi connectivity index (χ3n) is 5.17. The summed E-state index contributed by atoms with van der Waals surface area (Å²) in [5.41, 5.74) is 3.08. The minimum absolute atomic E-state index is 0.0399. The zero-order valence-corrected chi connectivity index (χ0v) is 15.6. The molecular weight excluding hydrogens is 354 g/mol. The molecule has 6 nitrogen and oxygen atoms in total. The minimum Gasteiger partial charge on any atom is -0.478 e. The summed E-state index contributed by atoms with van der Waals surface area (Å²) in [5, 5.41) is 10.7. The van der Waals surface area contributed by atoms with Crippen molar-refractivity contribution < 1.29 is 14.7 Å². The van der Waals surface area contributed by atoms with E-state index < -0.39 is 5.97 Å². The van der Waals surface area contributed by atoms with Crippen molar-refractivity contribution in [2.75, 3.05) is 26.7 Å². The molecule has 0 radical (unpaired) electrons. The highest BCUT2D eigenvalue weighted by Gasteiger charge is 2.26. The van der Waals surface area contributed by atoms with Gasteiger partial charge in [0.2, 0.25) is 5.91 Å².